The van der Waals surface area contributed by atoms with Crippen LogP contribution in [0.15, 0.2) is 0 Å². The van der Waals surface area contributed by atoms with E-state index in [1.165, 1.54) is 57.8 Å². The van der Waals surface area contributed by atoms with Gasteiger partial charge in [-0.15, -0.1) is 12.4 Å². The minimum Gasteiger partial charge on any atom is -0.353 e. The van der Waals surface area contributed by atoms with Crippen LogP contribution in [0, 0.1) is 5.92 Å². The second-order valence-corrected chi connectivity index (χ2v) is 7.48. The highest BCUT2D eigenvalue weighted by Crippen LogP contribution is 2.25. The monoisotopic (exact) mass is 373 g/mol. The molecule has 146 valence electrons. The molecule has 0 aliphatic heterocycles. The highest BCUT2D eigenvalue weighted by molar-refractivity contribution is 5.85. The molecule has 25 heavy (non-hydrogen) atoms. The van der Waals surface area contributed by atoms with E-state index in [1.54, 1.807) is 0 Å². The van der Waals surface area contributed by atoms with E-state index >= 15 is 0 Å². The highest BCUT2D eigenvalue weighted by Gasteiger charge is 2.17. The van der Waals surface area contributed by atoms with E-state index in [0.717, 1.165) is 19.4 Å². The molecule has 0 atom stereocenters. The Balaban J connectivity index is 0.00000312. The molecule has 0 aromatic rings. The molecule has 6 heteroatoms. The van der Waals surface area contributed by atoms with E-state index in [2.05, 4.69) is 16.0 Å². The molecule has 0 unspecified atom stereocenters. The molecule has 0 saturated heterocycles. The minimum atomic E-state index is -0.0883. The number of carbonyl (C=O) groups is 2. The lowest BCUT2D eigenvalue weighted by molar-refractivity contribution is -0.126. The summed E-state index contributed by atoms with van der Waals surface area (Å²) in [5, 5.41) is 9.17. The van der Waals surface area contributed by atoms with Crippen molar-refractivity contribution in [2.45, 2.75) is 83.1 Å². The average Bonchev–Trinajstić information content (AvgIpc) is 2.87. The minimum absolute atomic E-state index is 0. The second-order valence-electron chi connectivity index (χ2n) is 7.48. The van der Waals surface area contributed by atoms with Crippen LogP contribution in [-0.4, -0.2) is 37.5 Å². The first-order valence-corrected chi connectivity index (χ1v) is 10.0. The van der Waals surface area contributed by atoms with Gasteiger partial charge in [-0.3, -0.25) is 9.59 Å². The largest absolute Gasteiger partial charge is 0.353 e. The van der Waals surface area contributed by atoms with Gasteiger partial charge in [-0.25, -0.2) is 0 Å². The second kappa shape index (κ2) is 13.4. The predicted octanol–water partition coefficient (Wildman–Crippen LogP) is 2.92. The normalized spacial score (nSPS) is 19.5. The van der Waals surface area contributed by atoms with Crippen LogP contribution in [0.25, 0.3) is 0 Å². The van der Waals surface area contributed by atoms with Gasteiger partial charge < -0.3 is 16.0 Å². The Morgan fingerprint density at radius 3 is 2.00 bits per heavy atom. The quantitative estimate of drug-likeness (QED) is 0.452. The van der Waals surface area contributed by atoms with Gasteiger partial charge in [0.1, 0.15) is 0 Å². The van der Waals surface area contributed by atoms with E-state index in [4.69, 9.17) is 0 Å². The van der Waals surface area contributed by atoms with Crippen LogP contribution in [-0.2, 0) is 9.59 Å². The molecule has 2 saturated carbocycles. The fraction of sp³-hybridized carbons (Fsp3) is 0.895. The van der Waals surface area contributed by atoms with Crippen LogP contribution in [0.1, 0.15) is 77.0 Å². The maximum absolute atomic E-state index is 11.9. The Labute approximate surface area is 158 Å². The summed E-state index contributed by atoms with van der Waals surface area (Å²) in [6.07, 6.45) is 14.5. The van der Waals surface area contributed by atoms with Crippen LogP contribution < -0.4 is 16.0 Å². The van der Waals surface area contributed by atoms with Gasteiger partial charge in [-0.1, -0.05) is 44.9 Å². The molecule has 0 heterocycles. The maximum atomic E-state index is 11.9. The molecule has 2 aliphatic rings. The average molecular weight is 374 g/mol. The molecule has 0 aromatic carbocycles. The lowest BCUT2D eigenvalue weighted by Crippen LogP contribution is -2.41. The standard InChI is InChI=1S/C19H35N3O2.ClH/c23-18(14-16-8-4-3-5-9-16)22-15-19(24)21-13-12-20-17-10-6-1-2-7-11-17;/h16-17,20H,1-15H2,(H,21,24)(H,22,23);1H. The molecule has 2 aliphatic carbocycles. The lowest BCUT2D eigenvalue weighted by Gasteiger charge is -2.20. The van der Waals surface area contributed by atoms with Crippen molar-refractivity contribution in [1.29, 1.82) is 0 Å². The molecule has 3 N–H and O–H groups in total. The maximum Gasteiger partial charge on any atom is 0.239 e. The van der Waals surface area contributed by atoms with E-state index in [-0.39, 0.29) is 30.8 Å². The summed E-state index contributed by atoms with van der Waals surface area (Å²) in [5.41, 5.74) is 0. The van der Waals surface area contributed by atoms with Crippen molar-refractivity contribution in [2.75, 3.05) is 19.6 Å². The van der Waals surface area contributed by atoms with Gasteiger partial charge >= 0.3 is 0 Å². The Kier molecular flexibility index (Phi) is 11.9. The number of hydrogen-bond donors (Lipinski definition) is 3. The molecule has 2 amide bonds. The predicted molar refractivity (Wildman–Crippen MR) is 104 cm³/mol. The van der Waals surface area contributed by atoms with Crippen molar-refractivity contribution in [3.63, 3.8) is 0 Å². The summed E-state index contributed by atoms with van der Waals surface area (Å²) in [6, 6.07) is 0.611. The SMILES string of the molecule is Cl.O=C(CNC(=O)CC1CCCCC1)NCCNC1CCCCCC1. The Morgan fingerprint density at radius 2 is 1.32 bits per heavy atom. The van der Waals surface area contributed by atoms with Crippen LogP contribution >= 0.6 is 12.4 Å². The molecule has 0 spiro atoms. The van der Waals surface area contributed by atoms with E-state index < -0.39 is 0 Å². The fourth-order valence-electron chi connectivity index (χ4n) is 3.93. The molecule has 0 bridgehead atoms. The van der Waals surface area contributed by atoms with Crippen molar-refractivity contribution in [2.24, 2.45) is 5.92 Å². The summed E-state index contributed by atoms with van der Waals surface area (Å²) in [4.78, 5) is 23.7. The smallest absolute Gasteiger partial charge is 0.239 e. The summed E-state index contributed by atoms with van der Waals surface area (Å²) >= 11 is 0. The summed E-state index contributed by atoms with van der Waals surface area (Å²) in [7, 11) is 0. The van der Waals surface area contributed by atoms with Gasteiger partial charge in [-0.2, -0.15) is 0 Å². The molecule has 2 fully saturated rings. The first kappa shape index (κ1) is 22.2. The molecule has 0 radical (unpaired) electrons. The van der Waals surface area contributed by atoms with Gasteiger partial charge in [0, 0.05) is 25.6 Å². The van der Waals surface area contributed by atoms with E-state index in [1.807, 2.05) is 0 Å². The van der Waals surface area contributed by atoms with Gasteiger partial charge in [0.15, 0.2) is 0 Å². The number of halogens is 1. The van der Waals surface area contributed by atoms with Gasteiger partial charge in [-0.05, 0) is 31.6 Å². The van der Waals surface area contributed by atoms with Crippen molar-refractivity contribution < 1.29 is 9.59 Å². The molecular weight excluding hydrogens is 338 g/mol. The molecule has 0 aromatic heterocycles. The van der Waals surface area contributed by atoms with Crippen LogP contribution in [0.3, 0.4) is 0 Å². The highest BCUT2D eigenvalue weighted by atomic mass is 35.5. The van der Waals surface area contributed by atoms with Crippen molar-refractivity contribution in [3.05, 3.63) is 0 Å². The van der Waals surface area contributed by atoms with Crippen molar-refractivity contribution in [1.82, 2.24) is 16.0 Å². The topological polar surface area (TPSA) is 70.2 Å². The summed E-state index contributed by atoms with van der Waals surface area (Å²) < 4.78 is 0. The molecule has 2 rings (SSSR count). The number of hydrogen-bond acceptors (Lipinski definition) is 3. The molecular formula is C19H36ClN3O2. The third kappa shape index (κ3) is 10.0. The van der Waals surface area contributed by atoms with Crippen molar-refractivity contribution in [3.8, 4) is 0 Å². The van der Waals surface area contributed by atoms with Crippen LogP contribution in [0.4, 0.5) is 0 Å². The van der Waals surface area contributed by atoms with Gasteiger partial charge in [0.25, 0.3) is 0 Å². The third-order valence-corrected chi connectivity index (χ3v) is 5.38. The van der Waals surface area contributed by atoms with Crippen LogP contribution in [0.5, 0.6) is 0 Å². The van der Waals surface area contributed by atoms with E-state index in [9.17, 15) is 9.59 Å². The Morgan fingerprint density at radius 1 is 0.720 bits per heavy atom. The van der Waals surface area contributed by atoms with E-state index in [0.29, 0.717) is 24.9 Å². The summed E-state index contributed by atoms with van der Waals surface area (Å²) in [5.74, 6) is 0.453. The third-order valence-electron chi connectivity index (χ3n) is 5.38. The first-order valence-electron chi connectivity index (χ1n) is 10.0. The zero-order chi connectivity index (χ0) is 17.0. The zero-order valence-corrected chi connectivity index (χ0v) is 16.3. The number of amides is 2. The Hall–Kier alpha value is -0.810. The van der Waals surface area contributed by atoms with Gasteiger partial charge in [0.2, 0.25) is 11.8 Å². The van der Waals surface area contributed by atoms with Crippen LogP contribution in [0.2, 0.25) is 0 Å². The lowest BCUT2D eigenvalue weighted by atomic mass is 9.87. The molecule has 5 nitrogen and oxygen atoms in total. The van der Waals surface area contributed by atoms with Crippen molar-refractivity contribution >= 4 is 24.2 Å². The zero-order valence-electron chi connectivity index (χ0n) is 15.5. The first-order chi connectivity index (χ1) is 11.7. The number of nitrogens with one attached hydrogen (secondary N) is 3. The fourth-order valence-corrected chi connectivity index (χ4v) is 3.93. The summed E-state index contributed by atoms with van der Waals surface area (Å²) in [6.45, 7) is 1.55. The Bertz CT molecular complexity index is 379. The number of carbonyl (C=O) groups excluding carboxylic acids is 2. The van der Waals surface area contributed by atoms with Gasteiger partial charge in [0.05, 0.1) is 6.54 Å². The number of rotatable bonds is 8.